The van der Waals surface area contributed by atoms with Crippen molar-refractivity contribution < 1.29 is 18.8 Å². The zero-order chi connectivity index (χ0) is 26.7. The molecule has 10 nitrogen and oxygen atoms in total. The van der Waals surface area contributed by atoms with Gasteiger partial charge < -0.3 is 21.8 Å². The highest BCUT2D eigenvalue weighted by molar-refractivity contribution is 6.04. The van der Waals surface area contributed by atoms with E-state index in [1.165, 1.54) is 6.07 Å². The Morgan fingerprint density at radius 2 is 1.92 bits per heavy atom. The number of nitrogens with zero attached hydrogens (tertiary/aromatic N) is 4. The topological polar surface area (TPSA) is 149 Å². The number of nitrogen functional groups attached to an aromatic ring is 1. The lowest BCUT2D eigenvalue weighted by atomic mass is 10.0. The van der Waals surface area contributed by atoms with Gasteiger partial charge in [0, 0.05) is 17.7 Å². The van der Waals surface area contributed by atoms with Crippen LogP contribution in [0.1, 0.15) is 64.5 Å². The van der Waals surface area contributed by atoms with Crippen LogP contribution in [-0.2, 0) is 4.79 Å². The van der Waals surface area contributed by atoms with E-state index in [0.29, 0.717) is 35.5 Å². The molecule has 0 bridgehead atoms. The largest absolute Gasteiger partial charge is 0.364 e. The van der Waals surface area contributed by atoms with E-state index >= 15 is 0 Å². The first-order valence-corrected chi connectivity index (χ1v) is 11.7. The van der Waals surface area contributed by atoms with Crippen LogP contribution in [0.2, 0.25) is 0 Å². The molecule has 0 aliphatic carbocycles. The predicted octanol–water partition coefficient (Wildman–Crippen LogP) is 2.53. The van der Waals surface area contributed by atoms with Gasteiger partial charge in [0.05, 0.1) is 12.2 Å². The van der Waals surface area contributed by atoms with E-state index < -0.39 is 23.7 Å². The number of aromatic nitrogens is 3. The average Bonchev–Trinajstić information content (AvgIpc) is 3.23. The van der Waals surface area contributed by atoms with Crippen LogP contribution in [0.15, 0.2) is 36.5 Å². The molecule has 1 atom stereocenters. The van der Waals surface area contributed by atoms with E-state index in [9.17, 15) is 18.8 Å². The van der Waals surface area contributed by atoms with Crippen molar-refractivity contribution in [3.63, 3.8) is 0 Å². The van der Waals surface area contributed by atoms with E-state index in [1.54, 1.807) is 43.0 Å². The Morgan fingerprint density at radius 3 is 2.57 bits per heavy atom. The second-order valence-corrected chi connectivity index (χ2v) is 8.64. The first-order valence-electron chi connectivity index (χ1n) is 11.7. The number of rotatable bonds is 5. The van der Waals surface area contributed by atoms with Crippen LogP contribution < -0.4 is 16.9 Å². The van der Waals surface area contributed by atoms with Crippen molar-refractivity contribution >= 4 is 23.5 Å². The van der Waals surface area contributed by atoms with Gasteiger partial charge in [-0.25, -0.2) is 19.0 Å². The van der Waals surface area contributed by atoms with Crippen molar-refractivity contribution in [1.29, 1.82) is 0 Å². The molecular formula is C26H26FN7O3. The van der Waals surface area contributed by atoms with E-state index in [-0.39, 0.29) is 23.1 Å². The number of imidazole rings is 1. The number of aryl methyl sites for hydroxylation is 1. The van der Waals surface area contributed by atoms with Gasteiger partial charge in [-0.05, 0) is 62.8 Å². The lowest BCUT2D eigenvalue weighted by Crippen LogP contribution is -2.40. The van der Waals surface area contributed by atoms with Crippen LogP contribution in [0.4, 0.5) is 10.2 Å². The van der Waals surface area contributed by atoms with Crippen molar-refractivity contribution in [3.05, 3.63) is 65.0 Å². The second kappa shape index (κ2) is 10.5. The molecule has 3 heterocycles. The summed E-state index contributed by atoms with van der Waals surface area (Å²) in [6.45, 7) is 3.66. The third-order valence-corrected chi connectivity index (χ3v) is 6.17. The van der Waals surface area contributed by atoms with Crippen LogP contribution in [0.3, 0.4) is 0 Å². The molecule has 1 unspecified atom stereocenters. The molecule has 3 aromatic rings. The van der Waals surface area contributed by atoms with E-state index in [4.69, 9.17) is 11.6 Å². The normalized spacial score (nSPS) is 15.0. The lowest BCUT2D eigenvalue weighted by molar-refractivity contribution is -0.129. The number of nitrogens with two attached hydrogens (primary N) is 2. The Morgan fingerprint density at radius 1 is 1.19 bits per heavy atom. The minimum atomic E-state index is -0.780. The van der Waals surface area contributed by atoms with Gasteiger partial charge in [0.2, 0.25) is 0 Å². The Hall–Kier alpha value is -4.72. The van der Waals surface area contributed by atoms with Crippen molar-refractivity contribution in [2.75, 3.05) is 17.7 Å². The molecule has 190 valence electrons. The van der Waals surface area contributed by atoms with Crippen LogP contribution in [0.5, 0.6) is 0 Å². The number of halogens is 1. The van der Waals surface area contributed by atoms with Gasteiger partial charge in [-0.15, -0.1) is 0 Å². The summed E-state index contributed by atoms with van der Waals surface area (Å²) in [7, 11) is 0. The van der Waals surface area contributed by atoms with Crippen molar-refractivity contribution in [2.45, 2.75) is 39.2 Å². The summed E-state index contributed by atoms with van der Waals surface area (Å²) in [6.07, 6.45) is 3.33. The van der Waals surface area contributed by atoms with Gasteiger partial charge in [0.1, 0.15) is 17.3 Å². The van der Waals surface area contributed by atoms with Gasteiger partial charge in [0.15, 0.2) is 11.5 Å². The first-order chi connectivity index (χ1) is 17.7. The van der Waals surface area contributed by atoms with Gasteiger partial charge >= 0.3 is 0 Å². The number of hydrogen-bond acceptors (Lipinski definition) is 6. The number of carbonyl (C=O) groups excluding carboxylic acids is 3. The summed E-state index contributed by atoms with van der Waals surface area (Å²) in [6, 6.07) is 7.30. The number of nitrogens with one attached hydrogen (secondary N) is 1. The fourth-order valence-electron chi connectivity index (χ4n) is 4.32. The molecule has 1 aliphatic rings. The number of anilines is 1. The second-order valence-electron chi connectivity index (χ2n) is 8.64. The highest BCUT2D eigenvalue weighted by Crippen LogP contribution is 2.33. The molecule has 1 fully saturated rings. The van der Waals surface area contributed by atoms with Crippen molar-refractivity contribution in [1.82, 2.24) is 19.5 Å². The van der Waals surface area contributed by atoms with Crippen LogP contribution in [0.25, 0.3) is 11.3 Å². The monoisotopic (exact) mass is 503 g/mol. The molecule has 11 heteroatoms. The van der Waals surface area contributed by atoms with E-state index in [0.717, 1.165) is 23.7 Å². The number of piperidine rings is 1. The molecule has 0 spiro atoms. The number of benzene rings is 1. The standard InChI is InChI=1S/C26H26FN7O3/c1-3-6-21(35)33-12-5-4-7-19(33)25-32-22(23(24(28)36)34(25)29)16-8-10-17(11-9-16)26(37)31-20-13-15(2)18(27)14-30-20/h8-11,13-14,19H,4-5,7,12,29H2,1-2H3,(H2,28,36)(H,30,31,37). The molecule has 37 heavy (non-hydrogen) atoms. The third-order valence-electron chi connectivity index (χ3n) is 6.17. The van der Waals surface area contributed by atoms with Gasteiger partial charge in [0.25, 0.3) is 17.7 Å². The molecule has 1 aliphatic heterocycles. The van der Waals surface area contributed by atoms with Crippen molar-refractivity contribution in [3.8, 4) is 23.1 Å². The lowest BCUT2D eigenvalue weighted by Gasteiger charge is -2.33. The van der Waals surface area contributed by atoms with Gasteiger partial charge in [-0.3, -0.25) is 14.4 Å². The zero-order valence-electron chi connectivity index (χ0n) is 20.4. The number of hydrogen-bond donors (Lipinski definition) is 3. The summed E-state index contributed by atoms with van der Waals surface area (Å²) < 4.78 is 14.6. The highest BCUT2D eigenvalue weighted by Gasteiger charge is 2.33. The summed E-state index contributed by atoms with van der Waals surface area (Å²) in [5.41, 5.74) is 7.04. The molecule has 1 saturated heterocycles. The molecular weight excluding hydrogens is 477 g/mol. The maximum absolute atomic E-state index is 13.4. The number of likely N-dealkylation sites (tertiary alicyclic amines) is 1. The Labute approximate surface area is 212 Å². The minimum absolute atomic E-state index is 0.0160. The van der Waals surface area contributed by atoms with Crippen LogP contribution in [0, 0.1) is 24.6 Å². The number of amides is 3. The van der Waals surface area contributed by atoms with Gasteiger partial charge in [-0.2, -0.15) is 0 Å². The fourth-order valence-corrected chi connectivity index (χ4v) is 4.32. The minimum Gasteiger partial charge on any atom is -0.364 e. The molecule has 2 aromatic heterocycles. The predicted molar refractivity (Wildman–Crippen MR) is 135 cm³/mol. The summed E-state index contributed by atoms with van der Waals surface area (Å²) in [5.74, 6) is 9.97. The Kier molecular flexibility index (Phi) is 7.20. The summed E-state index contributed by atoms with van der Waals surface area (Å²) in [4.78, 5) is 47.7. The highest BCUT2D eigenvalue weighted by atomic mass is 19.1. The fraction of sp³-hybridized carbons (Fsp3) is 0.269. The molecule has 4 rings (SSSR count). The number of carbonyl (C=O) groups is 3. The summed E-state index contributed by atoms with van der Waals surface area (Å²) in [5, 5.41) is 2.62. The van der Waals surface area contributed by atoms with Gasteiger partial charge in [-0.1, -0.05) is 18.1 Å². The Balaban J connectivity index is 1.64. The number of primary amides is 1. The smallest absolute Gasteiger partial charge is 0.299 e. The molecule has 5 N–H and O–H groups in total. The maximum Gasteiger partial charge on any atom is 0.299 e. The summed E-state index contributed by atoms with van der Waals surface area (Å²) >= 11 is 0. The first kappa shape index (κ1) is 25.4. The quantitative estimate of drug-likeness (QED) is 0.360. The molecule has 0 radical (unpaired) electrons. The third kappa shape index (κ3) is 5.13. The zero-order valence-corrected chi connectivity index (χ0v) is 20.4. The van der Waals surface area contributed by atoms with Crippen LogP contribution in [-0.4, -0.2) is 43.8 Å². The maximum atomic E-state index is 13.4. The van der Waals surface area contributed by atoms with E-state index in [2.05, 4.69) is 27.1 Å². The van der Waals surface area contributed by atoms with Crippen LogP contribution >= 0.6 is 0 Å². The van der Waals surface area contributed by atoms with Crippen molar-refractivity contribution in [2.24, 2.45) is 5.73 Å². The number of pyridine rings is 1. The average molecular weight is 504 g/mol. The van der Waals surface area contributed by atoms with E-state index in [1.807, 2.05) is 0 Å². The molecule has 1 aromatic carbocycles. The Bertz CT molecular complexity index is 1440. The SMILES string of the molecule is CC#CC(=O)N1CCCCC1c1nc(-c2ccc(C(=O)Nc3cc(C)c(F)cn3)cc2)c(C(N)=O)n1N. The molecule has 3 amide bonds. The molecule has 0 saturated carbocycles.